The summed E-state index contributed by atoms with van der Waals surface area (Å²) in [6, 6.07) is 7.79. The van der Waals surface area contributed by atoms with E-state index in [-0.39, 0.29) is 0 Å². The Morgan fingerprint density at radius 2 is 1.62 bits per heavy atom. The molecule has 0 aliphatic rings. The van der Waals surface area contributed by atoms with Gasteiger partial charge in [-0.05, 0) is 19.1 Å². The third-order valence-corrected chi connectivity index (χ3v) is 1.84. The van der Waals surface area contributed by atoms with E-state index in [1.54, 1.807) is 6.26 Å². The average Bonchev–Trinajstić information content (AvgIpc) is 2.12. The number of hydrogen-bond donors (Lipinski definition) is 1. The molecule has 74 valence electrons. The second-order valence-corrected chi connectivity index (χ2v) is 3.53. The summed E-state index contributed by atoms with van der Waals surface area (Å²) in [6.45, 7) is 6.02. The summed E-state index contributed by atoms with van der Waals surface area (Å²) < 4.78 is 13.5. The molecule has 1 atom stereocenters. The zero-order valence-electron chi connectivity index (χ0n) is 8.63. The second-order valence-electron chi connectivity index (χ2n) is 2.42. The van der Waals surface area contributed by atoms with Crippen molar-refractivity contribution in [3.8, 4) is 0 Å². The molecule has 0 saturated carbocycles. The van der Waals surface area contributed by atoms with E-state index in [2.05, 4.69) is 4.72 Å². The maximum Gasteiger partial charge on any atom is 0.113 e. The highest BCUT2D eigenvalue weighted by atomic mass is 32.2. The zero-order chi connectivity index (χ0) is 10.3. The van der Waals surface area contributed by atoms with Crippen molar-refractivity contribution in [1.82, 2.24) is 0 Å². The van der Waals surface area contributed by atoms with Crippen molar-refractivity contribution in [1.29, 1.82) is 0 Å². The van der Waals surface area contributed by atoms with Gasteiger partial charge in [0.25, 0.3) is 0 Å². The molecule has 0 heterocycles. The molecule has 3 heteroatoms. The summed E-state index contributed by atoms with van der Waals surface area (Å²) in [4.78, 5) is 0. The molecule has 0 spiro atoms. The Balaban J connectivity index is 0.000000671. The average molecular weight is 199 g/mol. The number of aryl methyl sites for hydroxylation is 1. The largest absolute Gasteiger partial charge is 0.305 e. The summed E-state index contributed by atoms with van der Waals surface area (Å²) in [5.41, 5.74) is 2.11. The van der Waals surface area contributed by atoms with Gasteiger partial charge in [-0.1, -0.05) is 31.5 Å². The first kappa shape index (κ1) is 12.2. The Morgan fingerprint density at radius 3 is 2.00 bits per heavy atom. The van der Waals surface area contributed by atoms with E-state index in [4.69, 9.17) is 0 Å². The maximum atomic E-state index is 10.7. The molecule has 0 fully saturated rings. The van der Waals surface area contributed by atoms with E-state index in [0.717, 1.165) is 5.69 Å². The summed E-state index contributed by atoms with van der Waals surface area (Å²) >= 11 is 0. The summed E-state index contributed by atoms with van der Waals surface area (Å²) in [6.07, 6.45) is 1.61. The molecule has 0 aromatic heterocycles. The van der Waals surface area contributed by atoms with Crippen LogP contribution in [0, 0.1) is 6.92 Å². The summed E-state index contributed by atoms with van der Waals surface area (Å²) in [5.74, 6) is 0. The van der Waals surface area contributed by atoms with Crippen LogP contribution in [-0.2, 0) is 11.0 Å². The van der Waals surface area contributed by atoms with Crippen molar-refractivity contribution in [3.05, 3.63) is 29.8 Å². The molecule has 0 amide bonds. The Hall–Kier alpha value is -0.830. The van der Waals surface area contributed by atoms with E-state index >= 15 is 0 Å². The Morgan fingerprint density at radius 1 is 1.15 bits per heavy atom. The predicted molar refractivity (Wildman–Crippen MR) is 60.2 cm³/mol. The van der Waals surface area contributed by atoms with E-state index in [9.17, 15) is 4.21 Å². The van der Waals surface area contributed by atoms with Gasteiger partial charge in [-0.15, -0.1) is 0 Å². The molecule has 1 N–H and O–H groups in total. The number of benzene rings is 1. The van der Waals surface area contributed by atoms with Gasteiger partial charge in [0.1, 0.15) is 11.0 Å². The lowest BCUT2D eigenvalue weighted by atomic mass is 10.2. The van der Waals surface area contributed by atoms with Crippen LogP contribution in [0.25, 0.3) is 0 Å². The van der Waals surface area contributed by atoms with Gasteiger partial charge in [-0.3, -0.25) is 0 Å². The van der Waals surface area contributed by atoms with Gasteiger partial charge in [0, 0.05) is 11.9 Å². The van der Waals surface area contributed by atoms with Crippen molar-refractivity contribution >= 4 is 16.7 Å². The summed E-state index contributed by atoms with van der Waals surface area (Å²) in [7, 11) is -0.973. The van der Waals surface area contributed by atoms with Gasteiger partial charge in [-0.2, -0.15) is 0 Å². The predicted octanol–water partition coefficient (Wildman–Crippen LogP) is 2.73. The van der Waals surface area contributed by atoms with Gasteiger partial charge < -0.3 is 4.72 Å². The second kappa shape index (κ2) is 6.66. The van der Waals surface area contributed by atoms with Gasteiger partial charge >= 0.3 is 0 Å². The topological polar surface area (TPSA) is 29.1 Å². The van der Waals surface area contributed by atoms with Crippen molar-refractivity contribution < 1.29 is 4.21 Å². The Kier molecular flexibility index (Phi) is 6.24. The van der Waals surface area contributed by atoms with Gasteiger partial charge in [-0.25, -0.2) is 4.21 Å². The fraction of sp³-hybridized carbons (Fsp3) is 0.400. The Labute approximate surface area is 83.0 Å². The lowest BCUT2D eigenvalue weighted by molar-refractivity contribution is 0.690. The fourth-order valence-electron chi connectivity index (χ4n) is 0.788. The SMILES string of the molecule is CC.Cc1ccc(NS(C)=O)cc1. The molecule has 1 rings (SSSR count). The number of hydrogen-bond acceptors (Lipinski definition) is 1. The van der Waals surface area contributed by atoms with Gasteiger partial charge in [0.2, 0.25) is 0 Å². The van der Waals surface area contributed by atoms with Gasteiger partial charge in [0.15, 0.2) is 0 Å². The molecule has 1 aromatic rings. The molecule has 0 bridgehead atoms. The molecule has 13 heavy (non-hydrogen) atoms. The summed E-state index contributed by atoms with van der Waals surface area (Å²) in [5, 5.41) is 0. The highest BCUT2D eigenvalue weighted by Crippen LogP contribution is 2.08. The molecule has 2 nitrogen and oxygen atoms in total. The molecule has 0 aliphatic carbocycles. The first-order valence-corrected chi connectivity index (χ1v) is 5.91. The fourth-order valence-corrected chi connectivity index (χ4v) is 1.26. The van der Waals surface area contributed by atoms with E-state index in [1.807, 2.05) is 45.0 Å². The standard InChI is InChI=1S/C8H11NOS.C2H6/c1-7-3-5-8(6-4-7)9-11(2)10;1-2/h3-6,9H,1-2H3;1-2H3. The Bertz CT molecular complexity index is 256. The van der Waals surface area contributed by atoms with Crippen LogP contribution < -0.4 is 4.72 Å². The third-order valence-electron chi connectivity index (χ3n) is 1.31. The van der Waals surface area contributed by atoms with Crippen LogP contribution in [0.15, 0.2) is 24.3 Å². The van der Waals surface area contributed by atoms with Crippen LogP contribution in [0.4, 0.5) is 5.69 Å². The smallest absolute Gasteiger partial charge is 0.113 e. The highest BCUT2D eigenvalue weighted by molar-refractivity contribution is 7.85. The first-order chi connectivity index (χ1) is 6.18. The molecule has 0 radical (unpaired) electrons. The third kappa shape index (κ3) is 5.42. The highest BCUT2D eigenvalue weighted by Gasteiger charge is 1.91. The number of nitrogens with one attached hydrogen (secondary N) is 1. The molecule has 1 unspecified atom stereocenters. The van der Waals surface area contributed by atoms with Gasteiger partial charge in [0.05, 0.1) is 0 Å². The zero-order valence-corrected chi connectivity index (χ0v) is 9.44. The lowest BCUT2D eigenvalue weighted by Gasteiger charge is -2.01. The minimum Gasteiger partial charge on any atom is -0.305 e. The first-order valence-electron chi connectivity index (χ1n) is 4.35. The van der Waals surface area contributed by atoms with Crippen LogP contribution in [0.5, 0.6) is 0 Å². The molecule has 0 saturated heterocycles. The lowest BCUT2D eigenvalue weighted by Crippen LogP contribution is -2.00. The molecular weight excluding hydrogens is 182 g/mol. The number of anilines is 1. The van der Waals surface area contributed by atoms with Crippen LogP contribution in [0.2, 0.25) is 0 Å². The quantitative estimate of drug-likeness (QED) is 0.779. The van der Waals surface area contributed by atoms with Crippen molar-refractivity contribution in [3.63, 3.8) is 0 Å². The van der Waals surface area contributed by atoms with Crippen LogP contribution in [0.1, 0.15) is 19.4 Å². The molecule has 0 aliphatic heterocycles. The van der Waals surface area contributed by atoms with Crippen molar-refractivity contribution in [2.45, 2.75) is 20.8 Å². The van der Waals surface area contributed by atoms with E-state index < -0.39 is 11.0 Å². The minimum absolute atomic E-state index is 0.899. The minimum atomic E-state index is -0.973. The molecule has 1 aromatic carbocycles. The molecular formula is C10H17NOS. The van der Waals surface area contributed by atoms with Crippen LogP contribution >= 0.6 is 0 Å². The maximum absolute atomic E-state index is 10.7. The van der Waals surface area contributed by atoms with Crippen molar-refractivity contribution in [2.75, 3.05) is 11.0 Å². The number of rotatable bonds is 2. The normalized spacial score (nSPS) is 11.1. The van der Waals surface area contributed by atoms with E-state index in [0.29, 0.717) is 0 Å². The van der Waals surface area contributed by atoms with E-state index in [1.165, 1.54) is 5.56 Å². The monoisotopic (exact) mass is 199 g/mol. The van der Waals surface area contributed by atoms with Crippen LogP contribution in [-0.4, -0.2) is 10.5 Å². The van der Waals surface area contributed by atoms with Crippen LogP contribution in [0.3, 0.4) is 0 Å². The van der Waals surface area contributed by atoms with Crippen molar-refractivity contribution in [2.24, 2.45) is 0 Å².